The van der Waals surface area contributed by atoms with Crippen LogP contribution < -0.4 is 0 Å². The Bertz CT molecular complexity index is 133. The molecule has 1 saturated carbocycles. The van der Waals surface area contributed by atoms with Crippen molar-refractivity contribution in [3.8, 4) is 0 Å². The summed E-state index contributed by atoms with van der Waals surface area (Å²) < 4.78 is 6.81. The zero-order valence-electron chi connectivity index (χ0n) is 10.4. The van der Waals surface area contributed by atoms with Gasteiger partial charge in [-0.2, -0.15) is 0 Å². The van der Waals surface area contributed by atoms with Crippen molar-refractivity contribution in [1.82, 2.24) is 0 Å². The molecular weight excluding hydrogens is 275 g/mol. The van der Waals surface area contributed by atoms with Gasteiger partial charge in [-0.05, 0) is 0 Å². The van der Waals surface area contributed by atoms with Crippen LogP contribution in [0.1, 0.15) is 59.3 Å². The molecule has 1 radical (unpaired) electrons. The first-order valence-corrected chi connectivity index (χ1v) is 14.1. The van der Waals surface area contributed by atoms with Crippen LogP contribution in [0.2, 0.25) is 13.3 Å². The van der Waals surface area contributed by atoms with Gasteiger partial charge in [-0.1, -0.05) is 0 Å². The van der Waals surface area contributed by atoms with E-state index >= 15 is 0 Å². The summed E-state index contributed by atoms with van der Waals surface area (Å²) in [5.74, 6) is 0. The Kier molecular flexibility index (Phi) is 5.88. The average molecular weight is 302 g/mol. The van der Waals surface area contributed by atoms with Crippen molar-refractivity contribution in [3.05, 3.63) is 3.93 Å². The Labute approximate surface area is 94.7 Å². The Balaban J connectivity index is 2.64. The third kappa shape index (κ3) is 2.90. The van der Waals surface area contributed by atoms with E-state index in [-0.39, 0.29) is 0 Å². The molecule has 1 rings (SSSR count). The summed E-state index contributed by atoms with van der Waals surface area (Å²) >= 11 is -1.72. The summed E-state index contributed by atoms with van der Waals surface area (Å²) in [5, 5.41) is 0. The molecule has 0 aliphatic heterocycles. The summed E-state index contributed by atoms with van der Waals surface area (Å²) in [5.41, 5.74) is 0. The van der Waals surface area contributed by atoms with E-state index in [2.05, 4.69) is 24.7 Å². The van der Waals surface area contributed by atoms with Crippen molar-refractivity contribution in [3.63, 3.8) is 0 Å². The van der Waals surface area contributed by atoms with E-state index in [1.807, 2.05) is 0 Å². The van der Waals surface area contributed by atoms with E-state index in [4.69, 9.17) is 0 Å². The topological polar surface area (TPSA) is 0 Å². The molecule has 0 unspecified atom stereocenters. The maximum atomic E-state index is 2.47. The maximum absolute atomic E-state index is 2.47. The molecule has 0 saturated heterocycles. The van der Waals surface area contributed by atoms with Crippen LogP contribution in [-0.2, 0) is 0 Å². The van der Waals surface area contributed by atoms with Crippen LogP contribution in [-0.4, -0.2) is 18.4 Å². The second-order valence-corrected chi connectivity index (χ2v) is 20.2. The van der Waals surface area contributed by atoms with Crippen molar-refractivity contribution in [2.75, 3.05) is 0 Å². The van der Waals surface area contributed by atoms with E-state index in [9.17, 15) is 0 Å². The Hall–Kier alpha value is 0.799. The summed E-state index contributed by atoms with van der Waals surface area (Å²) in [7, 11) is 0. The molecule has 0 N–H and O–H groups in total. The first-order valence-electron chi connectivity index (χ1n) is 6.64. The summed E-state index contributed by atoms with van der Waals surface area (Å²) in [6, 6.07) is 0. The van der Waals surface area contributed by atoms with Gasteiger partial charge in [0.2, 0.25) is 0 Å². The van der Waals surface area contributed by atoms with Crippen LogP contribution in [0.4, 0.5) is 0 Å². The molecule has 0 aromatic heterocycles. The van der Waals surface area contributed by atoms with Gasteiger partial charge < -0.3 is 0 Å². The standard InChI is InChI=1S/C7H12.3C2H5.Sn/c1-2-4-6-7-5-3-1;3*1-2;/h1-6H2;3*1H2,2H3;. The van der Waals surface area contributed by atoms with Crippen LogP contribution in [0.25, 0.3) is 0 Å². The van der Waals surface area contributed by atoms with Crippen LogP contribution in [0.5, 0.6) is 0 Å². The summed E-state index contributed by atoms with van der Waals surface area (Å²) in [6.45, 7) is 7.42. The number of rotatable bonds is 4. The van der Waals surface area contributed by atoms with Gasteiger partial charge in [-0.25, -0.2) is 0 Å². The Morgan fingerprint density at radius 3 is 1.57 bits per heavy atom. The molecule has 0 amide bonds. The van der Waals surface area contributed by atoms with E-state index in [0.29, 0.717) is 0 Å². The molecule has 0 heterocycles. The Morgan fingerprint density at radius 1 is 0.786 bits per heavy atom. The van der Waals surface area contributed by atoms with E-state index in [1.54, 1.807) is 13.3 Å². The quantitative estimate of drug-likeness (QED) is 0.508. The summed E-state index contributed by atoms with van der Waals surface area (Å²) in [4.78, 5) is 0. The van der Waals surface area contributed by atoms with E-state index < -0.39 is 18.4 Å². The SMILES string of the molecule is C[CH2][Sn]([CH2]C)([CH2]C)[C]1CCCCCC1. The second kappa shape index (κ2) is 6.40. The number of hydrogen-bond donors (Lipinski definition) is 0. The third-order valence-corrected chi connectivity index (χ3v) is 21.8. The fourth-order valence-corrected chi connectivity index (χ4v) is 15.8. The normalized spacial score (nSPS) is 20.8. The van der Waals surface area contributed by atoms with Crippen LogP contribution in [0, 0.1) is 3.93 Å². The van der Waals surface area contributed by atoms with Gasteiger partial charge in [0.05, 0.1) is 0 Å². The molecule has 0 aromatic rings. The molecule has 83 valence electrons. The van der Waals surface area contributed by atoms with Crippen LogP contribution >= 0.6 is 0 Å². The molecule has 0 bridgehead atoms. The van der Waals surface area contributed by atoms with Crippen molar-refractivity contribution < 1.29 is 0 Å². The predicted molar refractivity (Wildman–Crippen MR) is 68.1 cm³/mol. The molecule has 0 nitrogen and oxygen atoms in total. The molecule has 0 aromatic carbocycles. The summed E-state index contributed by atoms with van der Waals surface area (Å²) in [6.07, 6.45) is 9.06. The van der Waals surface area contributed by atoms with Gasteiger partial charge in [0.25, 0.3) is 0 Å². The predicted octanol–water partition coefficient (Wildman–Crippen LogP) is 4.96. The number of hydrogen-bond acceptors (Lipinski definition) is 0. The van der Waals surface area contributed by atoms with Crippen molar-refractivity contribution in [2.45, 2.75) is 72.6 Å². The monoisotopic (exact) mass is 303 g/mol. The third-order valence-electron chi connectivity index (χ3n) is 4.49. The van der Waals surface area contributed by atoms with E-state index in [0.717, 1.165) is 0 Å². The molecule has 0 atom stereocenters. The minimum absolute atomic E-state index is 1.50. The van der Waals surface area contributed by atoms with Crippen LogP contribution in [0.3, 0.4) is 0 Å². The second-order valence-electron chi connectivity index (χ2n) is 4.86. The van der Waals surface area contributed by atoms with Gasteiger partial charge in [-0.3, -0.25) is 0 Å². The van der Waals surface area contributed by atoms with Gasteiger partial charge in [-0.15, -0.1) is 0 Å². The molecule has 1 aliphatic rings. The fourth-order valence-electron chi connectivity index (χ4n) is 3.19. The first-order chi connectivity index (χ1) is 6.79. The van der Waals surface area contributed by atoms with Gasteiger partial charge in [0, 0.05) is 0 Å². The minimum atomic E-state index is -1.72. The van der Waals surface area contributed by atoms with Crippen LogP contribution in [0.15, 0.2) is 0 Å². The molecule has 14 heavy (non-hydrogen) atoms. The van der Waals surface area contributed by atoms with Crippen molar-refractivity contribution in [1.29, 1.82) is 0 Å². The molecule has 0 spiro atoms. The molecular formula is C13H27Sn. The molecule has 1 aliphatic carbocycles. The Morgan fingerprint density at radius 2 is 1.21 bits per heavy atom. The van der Waals surface area contributed by atoms with Gasteiger partial charge >= 0.3 is 94.9 Å². The fraction of sp³-hybridized carbons (Fsp3) is 0.923. The zero-order valence-corrected chi connectivity index (χ0v) is 13.2. The first kappa shape index (κ1) is 12.9. The van der Waals surface area contributed by atoms with Crippen molar-refractivity contribution >= 4 is 18.4 Å². The van der Waals surface area contributed by atoms with E-state index in [1.165, 1.54) is 38.5 Å². The zero-order chi connectivity index (χ0) is 10.4. The van der Waals surface area contributed by atoms with Gasteiger partial charge in [0.15, 0.2) is 0 Å². The molecule has 1 fully saturated rings. The van der Waals surface area contributed by atoms with Gasteiger partial charge in [0.1, 0.15) is 0 Å². The molecule has 1 heteroatoms. The van der Waals surface area contributed by atoms with Crippen molar-refractivity contribution in [2.24, 2.45) is 0 Å². The average Bonchev–Trinajstić information content (AvgIpc) is 2.51.